The number of carbonyl (C=O) groups is 1. The third kappa shape index (κ3) is 3.46. The fourth-order valence-corrected chi connectivity index (χ4v) is 3.83. The van der Waals surface area contributed by atoms with Crippen LogP contribution in [0.3, 0.4) is 0 Å². The lowest BCUT2D eigenvalue weighted by molar-refractivity contribution is -0.156. The van der Waals surface area contributed by atoms with Crippen molar-refractivity contribution >= 4 is 23.3 Å². The zero-order valence-electron chi connectivity index (χ0n) is 15.8. The highest BCUT2D eigenvalue weighted by Crippen LogP contribution is 2.41. The van der Waals surface area contributed by atoms with Gasteiger partial charge in [-0.15, -0.1) is 0 Å². The number of carbonyl (C=O) groups excluding carboxylic acids is 1. The number of ether oxygens (including phenoxy) is 1. The Kier molecular flexibility index (Phi) is 5.56. The molecule has 27 heavy (non-hydrogen) atoms. The Morgan fingerprint density at radius 1 is 1.33 bits per heavy atom. The zero-order chi connectivity index (χ0) is 19.6. The number of rotatable bonds is 5. The molecule has 0 spiro atoms. The van der Waals surface area contributed by atoms with E-state index in [1.165, 1.54) is 4.68 Å². The van der Waals surface area contributed by atoms with Crippen molar-refractivity contribution < 1.29 is 9.53 Å². The van der Waals surface area contributed by atoms with Gasteiger partial charge >= 0.3 is 5.97 Å². The largest absolute Gasteiger partial charge is 0.466 e. The van der Waals surface area contributed by atoms with Gasteiger partial charge in [0.2, 0.25) is 0 Å². The molecule has 1 aliphatic rings. The first kappa shape index (κ1) is 19.4. The van der Waals surface area contributed by atoms with Crippen molar-refractivity contribution in [2.75, 3.05) is 24.6 Å². The van der Waals surface area contributed by atoms with Gasteiger partial charge in [0, 0.05) is 13.1 Å². The number of benzene rings is 1. The quantitative estimate of drug-likeness (QED) is 0.734. The minimum Gasteiger partial charge on any atom is -0.466 e. The van der Waals surface area contributed by atoms with Crippen LogP contribution in [-0.2, 0) is 9.53 Å². The monoisotopic (exact) mass is 389 g/mol. The normalized spacial score (nSPS) is 19.5. The van der Waals surface area contributed by atoms with E-state index in [0.717, 1.165) is 0 Å². The van der Waals surface area contributed by atoms with Crippen LogP contribution in [0.15, 0.2) is 41.3 Å². The van der Waals surface area contributed by atoms with Crippen molar-refractivity contribution in [2.24, 2.45) is 11.3 Å². The molecule has 0 bridgehead atoms. The molecule has 1 atom stereocenters. The van der Waals surface area contributed by atoms with Crippen molar-refractivity contribution in [2.45, 2.75) is 27.2 Å². The van der Waals surface area contributed by atoms with Gasteiger partial charge in [-0.25, -0.2) is 0 Å². The number of anilines is 1. The maximum absolute atomic E-state index is 12.7. The molecule has 7 heteroatoms. The second-order valence-electron chi connectivity index (χ2n) is 7.10. The Balaban J connectivity index is 1.93. The zero-order valence-corrected chi connectivity index (χ0v) is 16.6. The average Bonchev–Trinajstić information content (AvgIpc) is 3.11. The number of halogens is 1. The number of esters is 1. The molecule has 0 radical (unpaired) electrons. The first-order valence-electron chi connectivity index (χ1n) is 9.16. The molecular weight excluding hydrogens is 366 g/mol. The molecule has 144 valence electrons. The van der Waals surface area contributed by atoms with Gasteiger partial charge in [-0.3, -0.25) is 9.59 Å². The molecule has 2 heterocycles. The van der Waals surface area contributed by atoms with Crippen molar-refractivity contribution in [3.8, 4) is 5.69 Å². The van der Waals surface area contributed by atoms with Gasteiger partial charge in [-0.2, -0.15) is 9.78 Å². The molecule has 1 aliphatic heterocycles. The van der Waals surface area contributed by atoms with Gasteiger partial charge < -0.3 is 9.64 Å². The van der Waals surface area contributed by atoms with Gasteiger partial charge in [-0.05, 0) is 31.4 Å². The summed E-state index contributed by atoms with van der Waals surface area (Å²) in [5, 5.41) is 4.40. The summed E-state index contributed by atoms with van der Waals surface area (Å²) in [6.45, 7) is 7.28. The van der Waals surface area contributed by atoms with E-state index in [0.29, 0.717) is 37.5 Å². The highest BCUT2D eigenvalue weighted by atomic mass is 35.5. The minimum atomic E-state index is -0.604. The van der Waals surface area contributed by atoms with E-state index in [1.54, 1.807) is 18.3 Å². The summed E-state index contributed by atoms with van der Waals surface area (Å²) >= 11 is 6.41. The van der Waals surface area contributed by atoms with Crippen LogP contribution in [0, 0.1) is 11.3 Å². The second-order valence-corrected chi connectivity index (χ2v) is 7.48. The smallest absolute Gasteiger partial charge is 0.314 e. The lowest BCUT2D eigenvalue weighted by Gasteiger charge is -2.31. The second kappa shape index (κ2) is 7.72. The van der Waals surface area contributed by atoms with Crippen LogP contribution in [0.2, 0.25) is 5.02 Å². The number of para-hydroxylation sites is 1. The van der Waals surface area contributed by atoms with Gasteiger partial charge in [0.05, 0.1) is 29.6 Å². The SMILES string of the molecule is CCOC(=O)C1(C(C)C)CCN(c2cnn(-c3ccccc3)c(=O)c2Cl)C1. The van der Waals surface area contributed by atoms with E-state index in [2.05, 4.69) is 5.10 Å². The van der Waals surface area contributed by atoms with E-state index in [-0.39, 0.29) is 22.5 Å². The summed E-state index contributed by atoms with van der Waals surface area (Å²) in [5.74, 6) is -0.0813. The van der Waals surface area contributed by atoms with Crippen LogP contribution in [0.4, 0.5) is 5.69 Å². The molecule has 1 saturated heterocycles. The molecule has 1 unspecified atom stereocenters. The fourth-order valence-electron chi connectivity index (χ4n) is 3.58. The summed E-state index contributed by atoms with van der Waals surface area (Å²) < 4.78 is 6.61. The molecule has 1 aromatic heterocycles. The summed E-state index contributed by atoms with van der Waals surface area (Å²) in [6, 6.07) is 9.13. The Bertz CT molecular complexity index is 882. The Morgan fingerprint density at radius 3 is 2.67 bits per heavy atom. The van der Waals surface area contributed by atoms with Gasteiger partial charge in [-0.1, -0.05) is 43.6 Å². The predicted molar refractivity (Wildman–Crippen MR) is 106 cm³/mol. The van der Waals surface area contributed by atoms with Crippen molar-refractivity contribution in [1.29, 1.82) is 0 Å². The molecule has 3 rings (SSSR count). The number of hydrogen-bond acceptors (Lipinski definition) is 5. The lowest BCUT2D eigenvalue weighted by atomic mass is 9.76. The van der Waals surface area contributed by atoms with Gasteiger partial charge in [0.15, 0.2) is 0 Å². The number of nitrogens with zero attached hydrogens (tertiary/aromatic N) is 3. The molecule has 6 nitrogen and oxygen atoms in total. The molecule has 0 aliphatic carbocycles. The molecule has 1 aromatic carbocycles. The third-order valence-corrected chi connectivity index (χ3v) is 5.69. The van der Waals surface area contributed by atoms with E-state index < -0.39 is 5.41 Å². The van der Waals surface area contributed by atoms with Crippen LogP contribution >= 0.6 is 11.6 Å². The Labute approximate surface area is 163 Å². The topological polar surface area (TPSA) is 64.4 Å². The third-order valence-electron chi connectivity index (χ3n) is 5.33. The summed E-state index contributed by atoms with van der Waals surface area (Å²) in [5.41, 5.74) is 0.229. The Morgan fingerprint density at radius 2 is 2.04 bits per heavy atom. The summed E-state index contributed by atoms with van der Waals surface area (Å²) in [4.78, 5) is 27.3. The Hall–Kier alpha value is -2.34. The summed E-state index contributed by atoms with van der Waals surface area (Å²) in [7, 11) is 0. The van der Waals surface area contributed by atoms with E-state index in [1.807, 2.05) is 43.9 Å². The first-order valence-corrected chi connectivity index (χ1v) is 9.54. The van der Waals surface area contributed by atoms with E-state index >= 15 is 0 Å². The predicted octanol–water partition coefficient (Wildman–Crippen LogP) is 3.30. The molecular formula is C20H24ClN3O3. The maximum atomic E-state index is 12.7. The summed E-state index contributed by atoms with van der Waals surface area (Å²) in [6.07, 6.45) is 2.25. The molecule has 2 aromatic rings. The number of hydrogen-bond donors (Lipinski definition) is 0. The highest BCUT2D eigenvalue weighted by molar-refractivity contribution is 6.33. The minimum absolute atomic E-state index is 0.109. The van der Waals surface area contributed by atoms with Crippen molar-refractivity contribution in [3.05, 3.63) is 51.9 Å². The van der Waals surface area contributed by atoms with Crippen LogP contribution in [-0.4, -0.2) is 35.4 Å². The highest BCUT2D eigenvalue weighted by Gasteiger charge is 2.48. The van der Waals surface area contributed by atoms with Crippen molar-refractivity contribution in [3.63, 3.8) is 0 Å². The fraction of sp³-hybridized carbons (Fsp3) is 0.450. The van der Waals surface area contributed by atoms with Crippen LogP contribution in [0.25, 0.3) is 5.69 Å². The molecule has 0 N–H and O–H groups in total. The van der Waals surface area contributed by atoms with Crippen molar-refractivity contribution in [1.82, 2.24) is 9.78 Å². The number of aromatic nitrogens is 2. The van der Waals surface area contributed by atoms with Crippen LogP contribution in [0.5, 0.6) is 0 Å². The molecule has 0 amide bonds. The average molecular weight is 390 g/mol. The van der Waals surface area contributed by atoms with Crippen LogP contribution < -0.4 is 10.5 Å². The van der Waals surface area contributed by atoms with E-state index in [4.69, 9.17) is 16.3 Å². The molecule has 1 fully saturated rings. The maximum Gasteiger partial charge on any atom is 0.314 e. The van der Waals surface area contributed by atoms with Gasteiger partial charge in [0.1, 0.15) is 5.02 Å². The first-order chi connectivity index (χ1) is 12.9. The van der Waals surface area contributed by atoms with E-state index in [9.17, 15) is 9.59 Å². The van der Waals surface area contributed by atoms with Gasteiger partial charge in [0.25, 0.3) is 5.56 Å². The lowest BCUT2D eigenvalue weighted by Crippen LogP contribution is -2.41. The van der Waals surface area contributed by atoms with Crippen LogP contribution in [0.1, 0.15) is 27.2 Å². The standard InChI is InChI=1S/C20H24ClN3O3/c1-4-27-19(26)20(14(2)3)10-11-23(13-20)16-12-22-24(18(25)17(16)21)15-8-6-5-7-9-15/h5-9,12,14H,4,10-11,13H2,1-3H3. The molecule has 0 saturated carbocycles.